The van der Waals surface area contributed by atoms with Crippen molar-refractivity contribution in [2.75, 3.05) is 19.8 Å². The van der Waals surface area contributed by atoms with Crippen LogP contribution in [0.25, 0.3) is 5.57 Å². The monoisotopic (exact) mass is 403 g/mol. The Kier molecular flexibility index (Phi) is 5.48. The highest BCUT2D eigenvalue weighted by Gasteiger charge is 2.49. The third-order valence-electron chi connectivity index (χ3n) is 6.21. The molecule has 0 radical (unpaired) electrons. The van der Waals surface area contributed by atoms with Gasteiger partial charge in [-0.3, -0.25) is 9.69 Å². The van der Waals surface area contributed by atoms with E-state index in [1.54, 1.807) is 6.92 Å². The zero-order valence-corrected chi connectivity index (χ0v) is 17.9. The van der Waals surface area contributed by atoms with Crippen molar-refractivity contribution in [2.24, 2.45) is 0 Å². The molecule has 0 aromatic heterocycles. The maximum atomic E-state index is 13.2. The normalized spacial score (nSPS) is 22.4. The van der Waals surface area contributed by atoms with Crippen LogP contribution in [0.3, 0.4) is 0 Å². The summed E-state index contributed by atoms with van der Waals surface area (Å²) in [6.45, 7) is 7.91. The van der Waals surface area contributed by atoms with Crippen LogP contribution in [-0.2, 0) is 10.3 Å². The number of urea groups is 1. The van der Waals surface area contributed by atoms with E-state index in [9.17, 15) is 9.59 Å². The Morgan fingerprint density at radius 3 is 2.33 bits per heavy atom. The first-order valence-electron chi connectivity index (χ1n) is 10.6. The smallest absolute Gasteiger partial charge is 0.319 e. The summed E-state index contributed by atoms with van der Waals surface area (Å²) < 4.78 is 0. The van der Waals surface area contributed by atoms with Crippen molar-refractivity contribution < 1.29 is 9.59 Å². The SMILES string of the molecule is CC(C)c1ccc([C@@]2(C)NC(=O)N(CN3CC=C(c4ccccc4)CC3)C2=O)cc1. The Hall–Kier alpha value is -2.92. The highest BCUT2D eigenvalue weighted by Crippen LogP contribution is 2.30. The first-order valence-corrected chi connectivity index (χ1v) is 10.6. The largest absolute Gasteiger partial charge is 0.326 e. The molecule has 2 aliphatic heterocycles. The third-order valence-corrected chi connectivity index (χ3v) is 6.21. The van der Waals surface area contributed by atoms with Gasteiger partial charge in [-0.25, -0.2) is 9.69 Å². The van der Waals surface area contributed by atoms with E-state index >= 15 is 0 Å². The van der Waals surface area contributed by atoms with E-state index in [4.69, 9.17) is 0 Å². The second kappa shape index (κ2) is 8.07. The Bertz CT molecular complexity index is 966. The molecule has 1 atom stereocenters. The van der Waals surface area contributed by atoms with Gasteiger partial charge in [0.1, 0.15) is 5.54 Å². The molecule has 1 saturated heterocycles. The van der Waals surface area contributed by atoms with Crippen LogP contribution in [0.4, 0.5) is 4.79 Å². The fourth-order valence-electron chi connectivity index (χ4n) is 4.18. The number of benzene rings is 2. The lowest BCUT2D eigenvalue weighted by Crippen LogP contribution is -2.44. The summed E-state index contributed by atoms with van der Waals surface area (Å²) in [5.41, 5.74) is 3.57. The summed E-state index contributed by atoms with van der Waals surface area (Å²) in [6, 6.07) is 18.0. The van der Waals surface area contributed by atoms with Gasteiger partial charge in [0.25, 0.3) is 5.91 Å². The van der Waals surface area contributed by atoms with Gasteiger partial charge in [0.2, 0.25) is 0 Å². The maximum absolute atomic E-state index is 13.2. The lowest BCUT2D eigenvalue weighted by molar-refractivity contribution is -0.132. The number of carbonyl (C=O) groups is 2. The topological polar surface area (TPSA) is 52.7 Å². The predicted molar refractivity (Wildman–Crippen MR) is 119 cm³/mol. The minimum Gasteiger partial charge on any atom is -0.319 e. The molecule has 0 aliphatic carbocycles. The van der Waals surface area contributed by atoms with E-state index in [1.165, 1.54) is 21.6 Å². The number of rotatable bonds is 5. The average molecular weight is 404 g/mol. The number of amides is 3. The van der Waals surface area contributed by atoms with Crippen LogP contribution in [0.5, 0.6) is 0 Å². The van der Waals surface area contributed by atoms with Crippen molar-refractivity contribution in [3.05, 3.63) is 77.4 Å². The third kappa shape index (κ3) is 3.77. The summed E-state index contributed by atoms with van der Waals surface area (Å²) >= 11 is 0. The molecule has 156 valence electrons. The Morgan fingerprint density at radius 1 is 1.03 bits per heavy atom. The van der Waals surface area contributed by atoms with Crippen molar-refractivity contribution >= 4 is 17.5 Å². The second-order valence-electron chi connectivity index (χ2n) is 8.63. The fourth-order valence-corrected chi connectivity index (χ4v) is 4.18. The molecule has 3 amide bonds. The van der Waals surface area contributed by atoms with Gasteiger partial charge in [0, 0.05) is 13.1 Å². The van der Waals surface area contributed by atoms with E-state index in [0.717, 1.165) is 25.1 Å². The van der Waals surface area contributed by atoms with Gasteiger partial charge in [-0.15, -0.1) is 0 Å². The standard InChI is InChI=1S/C25H29N3O2/c1-18(2)19-9-11-22(12-10-19)25(3)23(29)28(24(30)26-25)17-27-15-13-21(14-16-27)20-7-5-4-6-8-20/h4-13,18H,14-17H2,1-3H3,(H,26,30)/t25-/m1/s1. The molecule has 1 fully saturated rings. The molecule has 0 spiro atoms. The van der Waals surface area contributed by atoms with E-state index in [-0.39, 0.29) is 11.9 Å². The van der Waals surface area contributed by atoms with Crippen molar-refractivity contribution in [3.63, 3.8) is 0 Å². The molecule has 2 aliphatic rings. The molecule has 0 unspecified atom stereocenters. The Balaban J connectivity index is 1.45. The van der Waals surface area contributed by atoms with Gasteiger partial charge in [0.15, 0.2) is 0 Å². The molecule has 2 heterocycles. The Morgan fingerprint density at radius 2 is 1.73 bits per heavy atom. The van der Waals surface area contributed by atoms with Gasteiger partial charge >= 0.3 is 6.03 Å². The lowest BCUT2D eigenvalue weighted by atomic mass is 9.90. The number of imide groups is 1. The number of nitrogens with one attached hydrogen (secondary N) is 1. The maximum Gasteiger partial charge on any atom is 0.326 e. The molecule has 5 heteroatoms. The minimum atomic E-state index is -1.02. The fraction of sp³-hybridized carbons (Fsp3) is 0.360. The molecule has 2 aromatic rings. The van der Waals surface area contributed by atoms with Crippen LogP contribution in [0, 0.1) is 0 Å². The summed E-state index contributed by atoms with van der Waals surface area (Å²) in [5.74, 6) is 0.229. The molecular weight excluding hydrogens is 374 g/mol. The zero-order chi connectivity index (χ0) is 21.3. The Labute approximate surface area is 178 Å². The average Bonchev–Trinajstić information content (AvgIpc) is 2.99. The molecule has 4 rings (SSSR count). The van der Waals surface area contributed by atoms with E-state index in [0.29, 0.717) is 12.6 Å². The number of hydrogen-bond acceptors (Lipinski definition) is 3. The van der Waals surface area contributed by atoms with Crippen molar-refractivity contribution in [3.8, 4) is 0 Å². The molecule has 5 nitrogen and oxygen atoms in total. The van der Waals surface area contributed by atoms with Crippen LogP contribution < -0.4 is 5.32 Å². The quantitative estimate of drug-likeness (QED) is 0.757. The van der Waals surface area contributed by atoms with Crippen LogP contribution in [0.15, 0.2) is 60.7 Å². The number of nitrogens with zero attached hydrogens (tertiary/aromatic N) is 2. The van der Waals surface area contributed by atoms with E-state index in [2.05, 4.69) is 42.3 Å². The van der Waals surface area contributed by atoms with Crippen molar-refractivity contribution in [1.29, 1.82) is 0 Å². The van der Waals surface area contributed by atoms with Crippen LogP contribution in [0.1, 0.15) is 49.8 Å². The summed E-state index contributed by atoms with van der Waals surface area (Å²) in [6.07, 6.45) is 3.10. The summed E-state index contributed by atoms with van der Waals surface area (Å²) in [5, 5.41) is 2.91. The van der Waals surface area contributed by atoms with E-state index < -0.39 is 5.54 Å². The number of carbonyl (C=O) groups excluding carboxylic acids is 2. The van der Waals surface area contributed by atoms with Gasteiger partial charge in [-0.05, 0) is 41.5 Å². The van der Waals surface area contributed by atoms with Gasteiger partial charge in [-0.1, -0.05) is 74.5 Å². The lowest BCUT2D eigenvalue weighted by Gasteiger charge is -2.30. The van der Waals surface area contributed by atoms with Gasteiger partial charge in [-0.2, -0.15) is 0 Å². The van der Waals surface area contributed by atoms with Crippen LogP contribution in [-0.4, -0.2) is 41.5 Å². The molecule has 0 bridgehead atoms. The zero-order valence-electron chi connectivity index (χ0n) is 17.9. The van der Waals surface area contributed by atoms with Crippen molar-refractivity contribution in [2.45, 2.75) is 38.6 Å². The molecule has 1 N–H and O–H groups in total. The molecule has 30 heavy (non-hydrogen) atoms. The predicted octanol–water partition coefficient (Wildman–Crippen LogP) is 4.32. The van der Waals surface area contributed by atoms with Gasteiger partial charge in [0.05, 0.1) is 6.67 Å². The summed E-state index contributed by atoms with van der Waals surface area (Å²) in [4.78, 5) is 29.4. The highest BCUT2D eigenvalue weighted by atomic mass is 16.2. The first-order chi connectivity index (χ1) is 14.4. The first kappa shape index (κ1) is 20.4. The van der Waals surface area contributed by atoms with Crippen molar-refractivity contribution in [1.82, 2.24) is 15.1 Å². The summed E-state index contributed by atoms with van der Waals surface area (Å²) in [7, 11) is 0. The van der Waals surface area contributed by atoms with E-state index in [1.807, 2.05) is 42.5 Å². The molecular formula is C25H29N3O2. The van der Waals surface area contributed by atoms with Crippen LogP contribution >= 0.6 is 0 Å². The second-order valence-corrected chi connectivity index (χ2v) is 8.63. The van der Waals surface area contributed by atoms with Crippen LogP contribution in [0.2, 0.25) is 0 Å². The molecule has 0 saturated carbocycles. The highest BCUT2D eigenvalue weighted by molar-refractivity contribution is 6.07. The van der Waals surface area contributed by atoms with Gasteiger partial charge < -0.3 is 5.32 Å². The number of hydrogen-bond donors (Lipinski definition) is 1. The molecule has 2 aromatic carbocycles. The minimum absolute atomic E-state index is 0.192.